The smallest absolute Gasteiger partial charge is 0.276 e. The molecule has 0 bridgehead atoms. The minimum absolute atomic E-state index is 0.100. The van der Waals surface area contributed by atoms with Crippen molar-refractivity contribution in [3.05, 3.63) is 47.3 Å². The van der Waals surface area contributed by atoms with Crippen LogP contribution < -0.4 is 10.6 Å². The molecule has 2 heterocycles. The summed E-state index contributed by atoms with van der Waals surface area (Å²) in [5, 5.41) is 11.0. The highest BCUT2D eigenvalue weighted by atomic mass is 16.2. The maximum atomic E-state index is 13.0. The number of rotatable bonds is 5. The van der Waals surface area contributed by atoms with Gasteiger partial charge in [0.15, 0.2) is 5.69 Å². The number of nitrogens with zero attached hydrogens (tertiary/aromatic N) is 3. The molecule has 8 nitrogen and oxygen atoms in total. The van der Waals surface area contributed by atoms with Gasteiger partial charge in [0.05, 0.1) is 12.1 Å². The summed E-state index contributed by atoms with van der Waals surface area (Å²) in [4.78, 5) is 35.6. The number of amides is 2. The number of carbonyl (C=O) groups excluding carboxylic acids is 3. The molecule has 0 radical (unpaired) electrons. The maximum Gasteiger partial charge on any atom is 0.276 e. The minimum Gasteiger partial charge on any atom is -0.332 e. The predicted molar refractivity (Wildman–Crippen MR) is 124 cm³/mol. The van der Waals surface area contributed by atoms with Crippen molar-refractivity contribution < 1.29 is 14.4 Å². The highest BCUT2D eigenvalue weighted by Gasteiger charge is 2.41. The first kappa shape index (κ1) is 23.7. The van der Waals surface area contributed by atoms with Gasteiger partial charge in [-0.25, -0.2) is 0 Å². The van der Waals surface area contributed by atoms with Crippen molar-refractivity contribution in [3.63, 3.8) is 0 Å². The molecule has 1 atom stereocenters. The van der Waals surface area contributed by atoms with Gasteiger partial charge in [0.1, 0.15) is 12.5 Å². The van der Waals surface area contributed by atoms with Gasteiger partial charge in [-0.1, -0.05) is 37.5 Å². The van der Waals surface area contributed by atoms with Gasteiger partial charge in [-0.3, -0.25) is 14.3 Å². The second-order valence-corrected chi connectivity index (χ2v) is 8.92. The first-order valence-corrected chi connectivity index (χ1v) is 11.1. The van der Waals surface area contributed by atoms with Gasteiger partial charge in [0, 0.05) is 31.4 Å². The number of para-hydroxylation sites is 1. The van der Waals surface area contributed by atoms with E-state index in [0.717, 1.165) is 11.3 Å². The Labute approximate surface area is 189 Å². The Kier molecular flexibility index (Phi) is 7.45. The van der Waals surface area contributed by atoms with Crippen LogP contribution >= 0.6 is 0 Å². The van der Waals surface area contributed by atoms with Crippen LogP contribution in [0.3, 0.4) is 0 Å². The number of fused-ring (bicyclic) bond motifs is 1. The molecule has 32 heavy (non-hydrogen) atoms. The standard InChI is InChI=1S/C23H31N5O2.CH2O/c1-16-9-7-8-12-18(16)25-21(29)19-13-20-22(30)27(3)23(2,15-28(20)26-19)14-24-17-10-5-4-6-11-17;1-2/h7-9,12-13,17,24H,4-6,10-11,14-15H2,1-3H3,(H,25,29);1H2. The molecular formula is C24H33N5O3. The zero-order chi connectivity index (χ0) is 23.3. The summed E-state index contributed by atoms with van der Waals surface area (Å²) in [6, 6.07) is 9.73. The lowest BCUT2D eigenvalue weighted by Crippen LogP contribution is -2.60. The fraction of sp³-hybridized carbons (Fsp3) is 0.500. The zero-order valence-electron chi connectivity index (χ0n) is 19.2. The van der Waals surface area contributed by atoms with Crippen molar-refractivity contribution in [2.24, 2.45) is 0 Å². The number of benzene rings is 1. The van der Waals surface area contributed by atoms with E-state index in [1.807, 2.05) is 45.0 Å². The summed E-state index contributed by atoms with van der Waals surface area (Å²) in [5.74, 6) is -0.402. The van der Waals surface area contributed by atoms with Crippen molar-refractivity contribution in [2.45, 2.75) is 64.1 Å². The predicted octanol–water partition coefficient (Wildman–Crippen LogP) is 3.03. The van der Waals surface area contributed by atoms with Crippen molar-refractivity contribution in [1.29, 1.82) is 0 Å². The zero-order valence-corrected chi connectivity index (χ0v) is 19.2. The minimum atomic E-state index is -0.392. The van der Waals surface area contributed by atoms with Gasteiger partial charge >= 0.3 is 0 Å². The van der Waals surface area contributed by atoms with E-state index in [-0.39, 0.29) is 17.5 Å². The van der Waals surface area contributed by atoms with E-state index in [4.69, 9.17) is 4.79 Å². The van der Waals surface area contributed by atoms with Crippen LogP contribution in [0.25, 0.3) is 0 Å². The molecule has 2 N–H and O–H groups in total. The first-order chi connectivity index (χ1) is 15.4. The fourth-order valence-electron chi connectivity index (χ4n) is 4.41. The Morgan fingerprint density at radius 2 is 1.91 bits per heavy atom. The van der Waals surface area contributed by atoms with E-state index in [1.54, 1.807) is 15.6 Å². The Hall–Kier alpha value is -3.00. The van der Waals surface area contributed by atoms with Gasteiger partial charge in [0.25, 0.3) is 11.8 Å². The van der Waals surface area contributed by atoms with Crippen molar-refractivity contribution in [1.82, 2.24) is 20.0 Å². The average molecular weight is 440 g/mol. The van der Waals surface area contributed by atoms with Gasteiger partial charge in [-0.2, -0.15) is 5.10 Å². The molecule has 2 aromatic rings. The van der Waals surface area contributed by atoms with Crippen LogP contribution in [0.1, 0.15) is 65.6 Å². The summed E-state index contributed by atoms with van der Waals surface area (Å²) in [6.45, 7) is 7.29. The molecule has 1 saturated carbocycles. The summed E-state index contributed by atoms with van der Waals surface area (Å²) in [6.07, 6.45) is 6.25. The summed E-state index contributed by atoms with van der Waals surface area (Å²) >= 11 is 0. The summed E-state index contributed by atoms with van der Waals surface area (Å²) in [5.41, 5.74) is 2.06. The highest BCUT2D eigenvalue weighted by Crippen LogP contribution is 2.27. The number of aryl methyl sites for hydroxylation is 1. The molecule has 8 heteroatoms. The second kappa shape index (κ2) is 10.1. The van der Waals surface area contributed by atoms with Crippen LogP contribution in [0.5, 0.6) is 0 Å². The lowest BCUT2D eigenvalue weighted by molar-refractivity contribution is -0.0980. The Morgan fingerprint density at radius 3 is 2.59 bits per heavy atom. The van der Waals surface area contributed by atoms with Crippen LogP contribution in [0, 0.1) is 6.92 Å². The van der Waals surface area contributed by atoms with Crippen LogP contribution in [-0.4, -0.2) is 58.5 Å². The molecule has 0 spiro atoms. The average Bonchev–Trinajstić information content (AvgIpc) is 3.24. The van der Waals surface area contributed by atoms with Crippen molar-refractivity contribution in [2.75, 3.05) is 18.9 Å². The molecule has 2 amide bonds. The van der Waals surface area contributed by atoms with Crippen LogP contribution in [-0.2, 0) is 11.3 Å². The van der Waals surface area contributed by atoms with Gasteiger partial charge in [-0.05, 0) is 38.3 Å². The number of hydrogen-bond donors (Lipinski definition) is 2. The second-order valence-electron chi connectivity index (χ2n) is 8.92. The van der Waals surface area contributed by atoms with Crippen LogP contribution in [0.15, 0.2) is 30.3 Å². The molecule has 1 fully saturated rings. The monoisotopic (exact) mass is 439 g/mol. The third kappa shape index (κ3) is 4.91. The molecule has 172 valence electrons. The molecule has 2 aliphatic rings. The number of anilines is 1. The van der Waals surface area contributed by atoms with Crippen molar-refractivity contribution >= 4 is 24.3 Å². The highest BCUT2D eigenvalue weighted by molar-refractivity contribution is 6.05. The normalized spacial score (nSPS) is 20.8. The van der Waals surface area contributed by atoms with E-state index >= 15 is 0 Å². The van der Waals surface area contributed by atoms with Crippen LogP contribution in [0.4, 0.5) is 5.69 Å². The lowest BCUT2D eigenvalue weighted by Gasteiger charge is -2.43. The van der Waals surface area contributed by atoms with Gasteiger partial charge in [-0.15, -0.1) is 0 Å². The van der Waals surface area contributed by atoms with Gasteiger partial charge < -0.3 is 20.3 Å². The largest absolute Gasteiger partial charge is 0.332 e. The van der Waals surface area contributed by atoms with E-state index in [1.165, 1.54) is 32.1 Å². The quantitative estimate of drug-likeness (QED) is 0.747. The van der Waals surface area contributed by atoms with E-state index in [2.05, 4.69) is 22.7 Å². The SMILES string of the molecule is C=O.Cc1ccccc1NC(=O)c1cc2n(n1)CC(C)(CNC1CCCCC1)N(C)C2=O. The maximum absolute atomic E-state index is 13.0. The molecule has 1 aromatic heterocycles. The van der Waals surface area contributed by atoms with E-state index < -0.39 is 5.54 Å². The Bertz CT molecular complexity index is 966. The van der Waals surface area contributed by atoms with E-state index in [9.17, 15) is 9.59 Å². The fourth-order valence-corrected chi connectivity index (χ4v) is 4.41. The number of hydrogen-bond acceptors (Lipinski definition) is 5. The van der Waals surface area contributed by atoms with E-state index in [0.29, 0.717) is 24.8 Å². The molecular weight excluding hydrogens is 406 g/mol. The number of likely N-dealkylation sites (N-methyl/N-ethyl adjacent to an activating group) is 1. The third-order valence-corrected chi connectivity index (χ3v) is 6.61. The lowest BCUT2D eigenvalue weighted by atomic mass is 9.92. The topological polar surface area (TPSA) is 96.3 Å². The third-order valence-electron chi connectivity index (χ3n) is 6.61. The molecule has 1 aliphatic carbocycles. The number of nitrogens with one attached hydrogen (secondary N) is 2. The summed E-state index contributed by atoms with van der Waals surface area (Å²) in [7, 11) is 1.84. The molecule has 1 aliphatic heterocycles. The first-order valence-electron chi connectivity index (χ1n) is 11.1. The molecule has 4 rings (SSSR count). The number of carbonyl (C=O) groups is 3. The Morgan fingerprint density at radius 1 is 1.22 bits per heavy atom. The molecule has 1 aromatic carbocycles. The van der Waals surface area contributed by atoms with Crippen LogP contribution in [0.2, 0.25) is 0 Å². The summed E-state index contributed by atoms with van der Waals surface area (Å²) < 4.78 is 1.69. The van der Waals surface area contributed by atoms with Crippen molar-refractivity contribution in [3.8, 4) is 0 Å². The Balaban J connectivity index is 0.00000141. The number of aromatic nitrogens is 2. The molecule has 0 saturated heterocycles. The molecule has 1 unspecified atom stereocenters. The van der Waals surface area contributed by atoms with Gasteiger partial charge in [0.2, 0.25) is 0 Å².